The highest BCUT2D eigenvalue weighted by Crippen LogP contribution is 2.24. The first-order valence-corrected chi connectivity index (χ1v) is 9.79. The van der Waals surface area contributed by atoms with Crippen molar-refractivity contribution in [3.05, 3.63) is 29.8 Å². The maximum absolute atomic E-state index is 12.4. The van der Waals surface area contributed by atoms with Crippen molar-refractivity contribution in [2.45, 2.75) is 51.0 Å². The molecule has 0 unspecified atom stereocenters. The lowest BCUT2D eigenvalue weighted by Crippen LogP contribution is -2.30. The standard InChI is InChI=1S/C17H26N2O3S/c1-3-19(4-2)23(21,22)16-11-9-14(10-12-16)13-18-17(20)15-7-5-6-8-15/h9-12,15H,3-8,13H2,1-2H3,(H,18,20). The number of benzene rings is 1. The summed E-state index contributed by atoms with van der Waals surface area (Å²) in [5, 5.41) is 2.95. The molecule has 1 N–H and O–H groups in total. The smallest absolute Gasteiger partial charge is 0.243 e. The molecular weight excluding hydrogens is 312 g/mol. The van der Waals surface area contributed by atoms with E-state index in [9.17, 15) is 13.2 Å². The van der Waals surface area contributed by atoms with Crippen molar-refractivity contribution in [3.8, 4) is 0 Å². The molecule has 1 aromatic rings. The van der Waals surface area contributed by atoms with E-state index in [1.165, 1.54) is 4.31 Å². The molecule has 0 atom stereocenters. The van der Waals surface area contributed by atoms with Crippen LogP contribution in [-0.4, -0.2) is 31.7 Å². The summed E-state index contributed by atoms with van der Waals surface area (Å²) < 4.78 is 26.2. The number of rotatable bonds is 7. The molecule has 0 spiro atoms. The van der Waals surface area contributed by atoms with Gasteiger partial charge in [0, 0.05) is 25.6 Å². The Bertz CT molecular complexity index is 616. The van der Waals surface area contributed by atoms with E-state index in [2.05, 4.69) is 5.32 Å². The van der Waals surface area contributed by atoms with Crippen LogP contribution in [0.3, 0.4) is 0 Å². The minimum absolute atomic E-state index is 0.113. The van der Waals surface area contributed by atoms with Crippen molar-refractivity contribution in [1.29, 1.82) is 0 Å². The van der Waals surface area contributed by atoms with Crippen LogP contribution in [0.4, 0.5) is 0 Å². The van der Waals surface area contributed by atoms with Crippen LogP contribution in [-0.2, 0) is 21.4 Å². The fourth-order valence-electron chi connectivity index (χ4n) is 3.01. The molecular formula is C17H26N2O3S. The van der Waals surface area contributed by atoms with Crippen molar-refractivity contribution in [2.24, 2.45) is 5.92 Å². The second-order valence-electron chi connectivity index (χ2n) is 5.93. The summed E-state index contributed by atoms with van der Waals surface area (Å²) in [6, 6.07) is 6.77. The van der Waals surface area contributed by atoms with Crippen molar-refractivity contribution >= 4 is 15.9 Å². The Kier molecular flexibility index (Phi) is 6.18. The summed E-state index contributed by atoms with van der Waals surface area (Å²) in [6.45, 7) is 5.01. The number of amides is 1. The van der Waals surface area contributed by atoms with Gasteiger partial charge in [0.05, 0.1) is 4.90 Å². The van der Waals surface area contributed by atoms with Gasteiger partial charge in [-0.1, -0.05) is 38.8 Å². The van der Waals surface area contributed by atoms with Crippen molar-refractivity contribution in [3.63, 3.8) is 0 Å². The first-order chi connectivity index (χ1) is 11.0. The highest BCUT2D eigenvalue weighted by molar-refractivity contribution is 7.89. The topological polar surface area (TPSA) is 66.5 Å². The molecule has 0 aliphatic heterocycles. The first kappa shape index (κ1) is 17.9. The first-order valence-electron chi connectivity index (χ1n) is 8.35. The fourth-order valence-corrected chi connectivity index (χ4v) is 4.47. The zero-order valence-electron chi connectivity index (χ0n) is 13.9. The predicted molar refractivity (Wildman–Crippen MR) is 90.4 cm³/mol. The number of carbonyl (C=O) groups is 1. The Morgan fingerprint density at radius 2 is 1.70 bits per heavy atom. The normalized spacial score (nSPS) is 16.0. The summed E-state index contributed by atoms with van der Waals surface area (Å²) in [5.41, 5.74) is 0.912. The van der Waals surface area contributed by atoms with Crippen LogP contribution >= 0.6 is 0 Å². The Labute approximate surface area is 139 Å². The van der Waals surface area contributed by atoms with Crippen LogP contribution in [0, 0.1) is 5.92 Å². The van der Waals surface area contributed by atoms with Crippen molar-refractivity contribution in [1.82, 2.24) is 9.62 Å². The SMILES string of the molecule is CCN(CC)S(=O)(=O)c1ccc(CNC(=O)C2CCCC2)cc1. The van der Waals surface area contributed by atoms with Crippen LogP contribution in [0.15, 0.2) is 29.2 Å². The van der Waals surface area contributed by atoms with E-state index >= 15 is 0 Å². The molecule has 2 rings (SSSR count). The number of carbonyl (C=O) groups excluding carboxylic acids is 1. The third-order valence-corrected chi connectivity index (χ3v) is 6.52. The minimum atomic E-state index is -3.42. The number of sulfonamides is 1. The minimum Gasteiger partial charge on any atom is -0.352 e. The van der Waals surface area contributed by atoms with Gasteiger partial charge in [-0.25, -0.2) is 8.42 Å². The Hall–Kier alpha value is -1.40. The summed E-state index contributed by atoms with van der Waals surface area (Å²) in [7, 11) is -3.42. The van der Waals surface area contributed by atoms with Gasteiger partial charge in [-0.3, -0.25) is 4.79 Å². The average molecular weight is 338 g/mol. The summed E-state index contributed by atoms with van der Waals surface area (Å²) >= 11 is 0. The molecule has 1 amide bonds. The van der Waals surface area contributed by atoms with Gasteiger partial charge in [0.1, 0.15) is 0 Å². The van der Waals surface area contributed by atoms with Gasteiger partial charge in [0.2, 0.25) is 15.9 Å². The Balaban J connectivity index is 1.98. The largest absolute Gasteiger partial charge is 0.352 e. The maximum Gasteiger partial charge on any atom is 0.243 e. The van der Waals surface area contributed by atoms with Crippen molar-refractivity contribution in [2.75, 3.05) is 13.1 Å². The fraction of sp³-hybridized carbons (Fsp3) is 0.588. The highest BCUT2D eigenvalue weighted by Gasteiger charge is 2.23. The molecule has 0 heterocycles. The molecule has 0 bridgehead atoms. The molecule has 6 heteroatoms. The third kappa shape index (κ3) is 4.32. The number of nitrogens with zero attached hydrogens (tertiary/aromatic N) is 1. The lowest BCUT2D eigenvalue weighted by molar-refractivity contribution is -0.124. The van der Waals surface area contributed by atoms with Gasteiger partial charge in [-0.05, 0) is 30.5 Å². The van der Waals surface area contributed by atoms with Gasteiger partial charge in [-0.15, -0.1) is 0 Å². The molecule has 1 aliphatic carbocycles. The zero-order valence-corrected chi connectivity index (χ0v) is 14.7. The van der Waals surface area contributed by atoms with E-state index in [0.29, 0.717) is 24.5 Å². The molecule has 1 saturated carbocycles. The van der Waals surface area contributed by atoms with Gasteiger partial charge in [0.15, 0.2) is 0 Å². The summed E-state index contributed by atoms with van der Waals surface area (Å²) in [4.78, 5) is 12.3. The van der Waals surface area contributed by atoms with Gasteiger partial charge in [0.25, 0.3) is 0 Å². The lowest BCUT2D eigenvalue weighted by Gasteiger charge is -2.18. The van der Waals surface area contributed by atoms with E-state index in [-0.39, 0.29) is 11.8 Å². The molecule has 1 fully saturated rings. The van der Waals surface area contributed by atoms with Gasteiger partial charge < -0.3 is 5.32 Å². The third-order valence-electron chi connectivity index (χ3n) is 4.46. The molecule has 1 aromatic carbocycles. The molecule has 5 nitrogen and oxygen atoms in total. The predicted octanol–water partition coefficient (Wildman–Crippen LogP) is 2.52. The second kappa shape index (κ2) is 7.93. The quantitative estimate of drug-likeness (QED) is 0.831. The number of nitrogens with one attached hydrogen (secondary N) is 1. The molecule has 0 radical (unpaired) electrons. The molecule has 0 saturated heterocycles. The maximum atomic E-state index is 12.4. The Morgan fingerprint density at radius 1 is 1.13 bits per heavy atom. The molecule has 128 valence electrons. The van der Waals surface area contributed by atoms with E-state index in [1.54, 1.807) is 24.3 Å². The van der Waals surface area contributed by atoms with Gasteiger partial charge >= 0.3 is 0 Å². The average Bonchev–Trinajstić information content (AvgIpc) is 3.08. The van der Waals surface area contributed by atoms with Crippen LogP contribution in [0.2, 0.25) is 0 Å². The highest BCUT2D eigenvalue weighted by atomic mass is 32.2. The van der Waals surface area contributed by atoms with E-state index in [0.717, 1.165) is 31.2 Å². The van der Waals surface area contributed by atoms with Crippen LogP contribution < -0.4 is 5.32 Å². The zero-order chi connectivity index (χ0) is 16.9. The molecule has 23 heavy (non-hydrogen) atoms. The lowest BCUT2D eigenvalue weighted by atomic mass is 10.1. The molecule has 1 aliphatic rings. The van der Waals surface area contributed by atoms with Gasteiger partial charge in [-0.2, -0.15) is 4.31 Å². The van der Waals surface area contributed by atoms with Crippen LogP contribution in [0.1, 0.15) is 45.1 Å². The van der Waals surface area contributed by atoms with E-state index in [1.807, 2.05) is 13.8 Å². The summed E-state index contributed by atoms with van der Waals surface area (Å²) in [6.07, 6.45) is 4.23. The number of hydrogen-bond donors (Lipinski definition) is 1. The summed E-state index contributed by atoms with van der Waals surface area (Å²) in [5.74, 6) is 0.264. The molecule has 0 aromatic heterocycles. The van der Waals surface area contributed by atoms with Crippen LogP contribution in [0.5, 0.6) is 0 Å². The second-order valence-corrected chi connectivity index (χ2v) is 7.87. The number of hydrogen-bond acceptors (Lipinski definition) is 3. The monoisotopic (exact) mass is 338 g/mol. The van der Waals surface area contributed by atoms with Crippen molar-refractivity contribution < 1.29 is 13.2 Å². The van der Waals surface area contributed by atoms with Crippen LogP contribution in [0.25, 0.3) is 0 Å². The van der Waals surface area contributed by atoms with E-state index in [4.69, 9.17) is 0 Å². The Morgan fingerprint density at radius 3 is 2.22 bits per heavy atom. The van der Waals surface area contributed by atoms with E-state index < -0.39 is 10.0 Å².